The fraction of sp³-hybridized carbons (Fsp3) is 0.125. The zero-order chi connectivity index (χ0) is 7.56. The van der Waals surface area contributed by atoms with Crippen molar-refractivity contribution < 1.29 is 0 Å². The molecule has 2 heteroatoms. The molecule has 1 aromatic heterocycles. The van der Waals surface area contributed by atoms with Gasteiger partial charge in [0, 0.05) is 22.8 Å². The topological polar surface area (TPSA) is 32.9 Å². The first kappa shape index (κ1) is 6.81. The van der Waals surface area contributed by atoms with Crippen LogP contribution in [0.25, 0.3) is 12.7 Å². The van der Waals surface area contributed by atoms with Crippen LogP contribution in [0.1, 0.15) is 6.92 Å². The van der Waals surface area contributed by atoms with Gasteiger partial charge < -0.3 is 4.98 Å². The molecular weight excluding hydrogens is 126 g/mol. The highest BCUT2D eigenvalue weighted by atomic mass is 16.1. The van der Waals surface area contributed by atoms with Gasteiger partial charge in [0.15, 0.2) is 5.43 Å². The third-order valence-electron chi connectivity index (χ3n) is 1.38. The number of hydrogen-bond donors (Lipinski definition) is 1. The van der Waals surface area contributed by atoms with Crippen molar-refractivity contribution in [1.29, 1.82) is 0 Å². The molecular formula is C8H9NO. The van der Waals surface area contributed by atoms with Crippen molar-refractivity contribution in [3.63, 3.8) is 0 Å². The Morgan fingerprint density at radius 3 is 2.90 bits per heavy atom. The zero-order valence-corrected chi connectivity index (χ0v) is 5.85. The van der Waals surface area contributed by atoms with Crippen LogP contribution in [-0.2, 0) is 0 Å². The SMILES string of the molecule is C=c1c(=O)cc[nH]c1=CC. The van der Waals surface area contributed by atoms with Crippen LogP contribution >= 0.6 is 0 Å². The number of rotatable bonds is 0. The summed E-state index contributed by atoms with van der Waals surface area (Å²) in [6.07, 6.45) is 3.44. The molecule has 10 heavy (non-hydrogen) atoms. The molecule has 0 aromatic carbocycles. The lowest BCUT2D eigenvalue weighted by Gasteiger charge is -1.84. The average molecular weight is 135 g/mol. The van der Waals surface area contributed by atoms with Gasteiger partial charge >= 0.3 is 0 Å². The maximum absolute atomic E-state index is 10.9. The van der Waals surface area contributed by atoms with Crippen LogP contribution in [-0.4, -0.2) is 4.98 Å². The summed E-state index contributed by atoms with van der Waals surface area (Å²) in [7, 11) is 0. The van der Waals surface area contributed by atoms with Gasteiger partial charge in [0.2, 0.25) is 0 Å². The Morgan fingerprint density at radius 1 is 1.70 bits per heavy atom. The minimum Gasteiger partial charge on any atom is -0.361 e. The highest BCUT2D eigenvalue weighted by Crippen LogP contribution is 1.55. The number of hydrogen-bond acceptors (Lipinski definition) is 1. The monoisotopic (exact) mass is 135 g/mol. The first-order chi connectivity index (χ1) is 4.75. The second-order valence-electron chi connectivity index (χ2n) is 2.02. The van der Waals surface area contributed by atoms with E-state index in [1.165, 1.54) is 6.07 Å². The van der Waals surface area contributed by atoms with Crippen LogP contribution in [0.3, 0.4) is 0 Å². The fourth-order valence-electron chi connectivity index (χ4n) is 0.785. The molecule has 0 radical (unpaired) electrons. The Hall–Kier alpha value is -1.31. The van der Waals surface area contributed by atoms with Crippen molar-refractivity contribution in [3.05, 3.63) is 33.1 Å². The molecule has 0 spiro atoms. The summed E-state index contributed by atoms with van der Waals surface area (Å²) in [6.45, 7) is 5.48. The first-order valence-corrected chi connectivity index (χ1v) is 3.08. The molecule has 1 heterocycles. The lowest BCUT2D eigenvalue weighted by molar-refractivity contribution is 1.19. The number of H-pyrrole nitrogens is 1. The number of nitrogens with one attached hydrogen (secondary N) is 1. The number of aromatic amines is 1. The molecule has 0 fully saturated rings. The van der Waals surface area contributed by atoms with Crippen LogP contribution in [0.2, 0.25) is 0 Å². The summed E-state index contributed by atoms with van der Waals surface area (Å²) in [4.78, 5) is 13.8. The van der Waals surface area contributed by atoms with Crippen molar-refractivity contribution in [2.24, 2.45) is 0 Å². The minimum atomic E-state index is -0.0214. The van der Waals surface area contributed by atoms with Gasteiger partial charge in [-0.25, -0.2) is 0 Å². The molecule has 52 valence electrons. The summed E-state index contributed by atoms with van der Waals surface area (Å²) in [5.41, 5.74) is -0.0214. The van der Waals surface area contributed by atoms with Gasteiger partial charge in [-0.05, 0) is 6.92 Å². The maximum Gasteiger partial charge on any atom is 0.188 e. The Labute approximate surface area is 58.5 Å². The van der Waals surface area contributed by atoms with E-state index in [2.05, 4.69) is 11.6 Å². The van der Waals surface area contributed by atoms with Crippen LogP contribution in [0, 0.1) is 0 Å². The standard InChI is InChI=1S/C8H9NO/c1-3-7-6(2)8(10)4-5-9-7/h3-5,9H,2H2,1H3. The van der Waals surface area contributed by atoms with Crippen molar-refractivity contribution >= 4 is 12.7 Å². The smallest absolute Gasteiger partial charge is 0.188 e. The first-order valence-electron chi connectivity index (χ1n) is 3.08. The van der Waals surface area contributed by atoms with Gasteiger partial charge in [-0.3, -0.25) is 4.79 Å². The molecule has 1 rings (SSSR count). The van der Waals surface area contributed by atoms with Gasteiger partial charge in [-0.1, -0.05) is 12.7 Å². The van der Waals surface area contributed by atoms with Crippen molar-refractivity contribution in [3.8, 4) is 0 Å². The highest BCUT2D eigenvalue weighted by Gasteiger charge is 1.83. The summed E-state index contributed by atoms with van der Waals surface area (Å²) >= 11 is 0. The fourth-order valence-corrected chi connectivity index (χ4v) is 0.785. The second kappa shape index (κ2) is 2.52. The van der Waals surface area contributed by atoms with E-state index in [-0.39, 0.29) is 5.43 Å². The third-order valence-corrected chi connectivity index (χ3v) is 1.38. The number of pyridine rings is 1. The Morgan fingerprint density at radius 2 is 2.40 bits per heavy atom. The Balaban J connectivity index is 3.77. The van der Waals surface area contributed by atoms with Gasteiger partial charge in [-0.2, -0.15) is 0 Å². The number of aromatic nitrogens is 1. The zero-order valence-electron chi connectivity index (χ0n) is 5.85. The van der Waals surface area contributed by atoms with Crippen LogP contribution in [0.5, 0.6) is 0 Å². The van der Waals surface area contributed by atoms with E-state index >= 15 is 0 Å². The van der Waals surface area contributed by atoms with E-state index in [9.17, 15) is 4.79 Å². The molecule has 0 aliphatic rings. The molecule has 0 saturated carbocycles. The Bertz CT molecular complexity index is 375. The van der Waals surface area contributed by atoms with E-state index in [1.807, 2.05) is 13.0 Å². The van der Waals surface area contributed by atoms with Gasteiger partial charge in [-0.15, -0.1) is 0 Å². The summed E-state index contributed by atoms with van der Waals surface area (Å²) < 4.78 is 0. The summed E-state index contributed by atoms with van der Waals surface area (Å²) in [5.74, 6) is 0. The van der Waals surface area contributed by atoms with Crippen LogP contribution in [0.15, 0.2) is 17.1 Å². The molecule has 0 atom stereocenters. The van der Waals surface area contributed by atoms with E-state index in [0.29, 0.717) is 5.22 Å². The molecule has 0 saturated heterocycles. The minimum absolute atomic E-state index is 0.0214. The molecule has 0 bridgehead atoms. The Kier molecular flexibility index (Phi) is 1.71. The van der Waals surface area contributed by atoms with E-state index < -0.39 is 0 Å². The predicted octanol–water partition coefficient (Wildman–Crippen LogP) is -0.414. The predicted molar refractivity (Wildman–Crippen MR) is 42.0 cm³/mol. The third kappa shape index (κ3) is 1.00. The van der Waals surface area contributed by atoms with Crippen molar-refractivity contribution in [2.45, 2.75) is 6.92 Å². The van der Waals surface area contributed by atoms with Crippen LogP contribution < -0.4 is 16.0 Å². The van der Waals surface area contributed by atoms with E-state index in [1.54, 1.807) is 6.20 Å². The van der Waals surface area contributed by atoms with Gasteiger partial charge in [0.05, 0.1) is 0 Å². The molecule has 0 aliphatic heterocycles. The van der Waals surface area contributed by atoms with Crippen molar-refractivity contribution in [1.82, 2.24) is 4.98 Å². The molecule has 0 aliphatic carbocycles. The van der Waals surface area contributed by atoms with Crippen molar-refractivity contribution in [2.75, 3.05) is 0 Å². The lowest BCUT2D eigenvalue weighted by Crippen LogP contribution is -2.38. The van der Waals surface area contributed by atoms with Gasteiger partial charge in [0.1, 0.15) is 0 Å². The summed E-state index contributed by atoms with van der Waals surface area (Å²) in [6, 6.07) is 1.47. The normalized spacial score (nSPS) is 11.9. The largest absolute Gasteiger partial charge is 0.361 e. The lowest BCUT2D eigenvalue weighted by atomic mass is 10.3. The highest BCUT2D eigenvalue weighted by molar-refractivity contribution is 5.18. The van der Waals surface area contributed by atoms with E-state index in [0.717, 1.165) is 5.35 Å². The average Bonchev–Trinajstić information content (AvgIpc) is 1.95. The van der Waals surface area contributed by atoms with Crippen LogP contribution in [0.4, 0.5) is 0 Å². The molecule has 0 amide bonds. The molecule has 2 nitrogen and oxygen atoms in total. The summed E-state index contributed by atoms with van der Waals surface area (Å²) in [5, 5.41) is 1.33. The maximum atomic E-state index is 10.9. The molecule has 0 unspecified atom stereocenters. The van der Waals surface area contributed by atoms with Gasteiger partial charge in [0.25, 0.3) is 0 Å². The molecule has 1 aromatic rings. The van der Waals surface area contributed by atoms with E-state index in [4.69, 9.17) is 0 Å². The molecule has 1 N–H and O–H groups in total. The second-order valence-corrected chi connectivity index (χ2v) is 2.02. The quantitative estimate of drug-likeness (QED) is 0.515.